The van der Waals surface area contributed by atoms with E-state index in [1.54, 1.807) is 11.3 Å². The van der Waals surface area contributed by atoms with Crippen LogP contribution in [0.1, 0.15) is 57.0 Å². The Balaban J connectivity index is 1.36. The number of ether oxygens (including phenoxy) is 2. The second-order valence-corrected chi connectivity index (χ2v) is 10.4. The molecule has 1 aromatic carbocycles. The number of nitrogens with one attached hydrogen (secondary N) is 2. The van der Waals surface area contributed by atoms with Gasteiger partial charge in [0.2, 0.25) is 0 Å². The van der Waals surface area contributed by atoms with Crippen molar-refractivity contribution in [1.82, 2.24) is 15.3 Å². The number of amides is 1. The van der Waals surface area contributed by atoms with E-state index in [4.69, 9.17) is 9.47 Å². The van der Waals surface area contributed by atoms with E-state index in [9.17, 15) is 4.79 Å². The van der Waals surface area contributed by atoms with Crippen LogP contribution in [0.25, 0.3) is 22.4 Å². The summed E-state index contributed by atoms with van der Waals surface area (Å²) in [5.41, 5.74) is 1.56. The molecule has 0 saturated carbocycles. The molecule has 1 amide bonds. The molecule has 0 fully saturated rings. The number of allylic oxidation sites excluding steroid dienone is 2. The van der Waals surface area contributed by atoms with Crippen LogP contribution in [0.3, 0.4) is 0 Å². The van der Waals surface area contributed by atoms with E-state index in [1.807, 2.05) is 82.6 Å². The molecule has 3 rings (SSSR count). The third kappa shape index (κ3) is 9.70. The normalized spacial score (nSPS) is 11.9. The van der Waals surface area contributed by atoms with Crippen LogP contribution >= 0.6 is 11.3 Å². The van der Waals surface area contributed by atoms with E-state index >= 15 is 0 Å². The zero-order chi connectivity index (χ0) is 25.8. The zero-order valence-corrected chi connectivity index (χ0v) is 22.4. The Hall–Kier alpha value is -3.39. The number of thiazole rings is 1. The van der Waals surface area contributed by atoms with Crippen molar-refractivity contribution >= 4 is 45.6 Å². The first-order chi connectivity index (χ1) is 17.3. The van der Waals surface area contributed by atoms with Gasteiger partial charge in [-0.3, -0.25) is 0 Å². The number of aromatic nitrogens is 2. The minimum atomic E-state index is -0.461. The first kappa shape index (κ1) is 27.2. The molecule has 0 aliphatic carbocycles. The molecule has 0 aliphatic heterocycles. The molecule has 36 heavy (non-hydrogen) atoms. The van der Waals surface area contributed by atoms with Crippen molar-refractivity contribution < 1.29 is 14.3 Å². The fourth-order valence-corrected chi connectivity index (χ4v) is 4.22. The van der Waals surface area contributed by atoms with Crippen molar-refractivity contribution in [2.24, 2.45) is 0 Å². The van der Waals surface area contributed by atoms with Gasteiger partial charge in [-0.15, -0.1) is 11.3 Å². The number of pyridine rings is 1. The van der Waals surface area contributed by atoms with Crippen molar-refractivity contribution in [1.29, 1.82) is 0 Å². The van der Waals surface area contributed by atoms with Gasteiger partial charge in [-0.1, -0.05) is 31.1 Å². The molecule has 2 heterocycles. The molecule has 0 aliphatic rings. The molecule has 0 radical (unpaired) electrons. The summed E-state index contributed by atoms with van der Waals surface area (Å²) in [5.74, 6) is 1.72. The first-order valence-corrected chi connectivity index (χ1v) is 13.1. The van der Waals surface area contributed by atoms with E-state index in [0.29, 0.717) is 13.2 Å². The molecule has 2 N–H and O–H groups in total. The van der Waals surface area contributed by atoms with Gasteiger partial charge in [0.15, 0.2) is 0 Å². The highest BCUT2D eigenvalue weighted by Crippen LogP contribution is 2.27. The summed E-state index contributed by atoms with van der Waals surface area (Å²) >= 11 is 1.64. The first-order valence-electron chi connectivity index (χ1n) is 12.3. The number of benzene rings is 1. The largest absolute Gasteiger partial charge is 0.494 e. The fraction of sp³-hybridized carbons (Fsp3) is 0.393. The molecular formula is C28H36N4O3S. The van der Waals surface area contributed by atoms with Gasteiger partial charge in [-0.2, -0.15) is 0 Å². The number of hydrogen-bond acceptors (Lipinski definition) is 7. The number of carbonyl (C=O) groups excluding carboxylic acids is 1. The van der Waals surface area contributed by atoms with Crippen LogP contribution in [0.4, 0.5) is 10.6 Å². The van der Waals surface area contributed by atoms with E-state index in [-0.39, 0.29) is 6.09 Å². The predicted octanol–water partition coefficient (Wildman–Crippen LogP) is 6.92. The Bertz CT molecular complexity index is 1160. The van der Waals surface area contributed by atoms with Gasteiger partial charge < -0.3 is 20.1 Å². The lowest BCUT2D eigenvalue weighted by atomic mass is 10.2. The van der Waals surface area contributed by atoms with Crippen molar-refractivity contribution in [2.45, 2.75) is 52.1 Å². The number of alkyl carbamates (subject to hydrolysis) is 1. The van der Waals surface area contributed by atoms with Crippen molar-refractivity contribution in [3.05, 3.63) is 59.3 Å². The monoisotopic (exact) mass is 508 g/mol. The standard InChI is InChI=1S/C28H36N4O3S/c1-28(2,3)35-27(33)30-17-9-5-6-10-18-34-22-14-15-23-24(19-22)36-26(32-23)12-8-7-11-21-13-16-25(29-4)31-20-21/h7-8,11-16,19-20H,5-6,9-10,17-18H2,1-4H3,(H,29,31)(H,30,33)/b11-7+,12-8+. The Morgan fingerprint density at radius 2 is 1.86 bits per heavy atom. The van der Waals surface area contributed by atoms with Gasteiger partial charge >= 0.3 is 6.09 Å². The summed E-state index contributed by atoms with van der Waals surface area (Å²) < 4.78 is 12.3. The van der Waals surface area contributed by atoms with Crippen LogP contribution in [-0.4, -0.2) is 41.9 Å². The summed E-state index contributed by atoms with van der Waals surface area (Å²) in [7, 11) is 1.85. The third-order valence-electron chi connectivity index (χ3n) is 5.07. The Morgan fingerprint density at radius 3 is 2.61 bits per heavy atom. The van der Waals surface area contributed by atoms with Crippen LogP contribution in [0, 0.1) is 0 Å². The van der Waals surface area contributed by atoms with Crippen molar-refractivity contribution in [3.8, 4) is 5.75 Å². The van der Waals surface area contributed by atoms with Gasteiger partial charge in [-0.05, 0) is 75.6 Å². The topological polar surface area (TPSA) is 85.4 Å². The summed E-state index contributed by atoms with van der Waals surface area (Å²) in [6.07, 6.45) is 13.5. The molecular weight excluding hydrogens is 472 g/mol. The maximum Gasteiger partial charge on any atom is 0.407 e. The van der Waals surface area contributed by atoms with Gasteiger partial charge in [0.05, 0.1) is 16.8 Å². The average Bonchev–Trinajstić information content (AvgIpc) is 3.25. The number of carbonyl (C=O) groups is 1. The highest BCUT2D eigenvalue weighted by Gasteiger charge is 2.15. The van der Waals surface area contributed by atoms with Gasteiger partial charge in [0.25, 0.3) is 0 Å². The minimum absolute atomic E-state index is 0.354. The van der Waals surface area contributed by atoms with Gasteiger partial charge in [-0.25, -0.2) is 14.8 Å². The second-order valence-electron chi connectivity index (χ2n) is 9.32. The summed E-state index contributed by atoms with van der Waals surface area (Å²) in [6, 6.07) is 10.0. The lowest BCUT2D eigenvalue weighted by molar-refractivity contribution is 0.0527. The van der Waals surface area contributed by atoms with Crippen LogP contribution in [0.5, 0.6) is 5.75 Å². The minimum Gasteiger partial charge on any atom is -0.494 e. The van der Waals surface area contributed by atoms with Gasteiger partial charge in [0, 0.05) is 19.8 Å². The molecule has 0 unspecified atom stereocenters. The van der Waals surface area contributed by atoms with Crippen LogP contribution < -0.4 is 15.4 Å². The zero-order valence-electron chi connectivity index (χ0n) is 21.5. The van der Waals surface area contributed by atoms with E-state index in [0.717, 1.165) is 58.0 Å². The lowest BCUT2D eigenvalue weighted by Crippen LogP contribution is -2.32. The maximum absolute atomic E-state index is 11.6. The maximum atomic E-state index is 11.6. The van der Waals surface area contributed by atoms with Crippen LogP contribution in [-0.2, 0) is 4.74 Å². The lowest BCUT2D eigenvalue weighted by Gasteiger charge is -2.19. The molecule has 2 aromatic heterocycles. The Labute approximate surface area is 217 Å². The smallest absolute Gasteiger partial charge is 0.407 e. The number of unbranched alkanes of at least 4 members (excludes halogenated alkanes) is 3. The number of fused-ring (bicyclic) bond motifs is 1. The fourth-order valence-electron chi connectivity index (χ4n) is 3.32. The summed E-state index contributed by atoms with van der Waals surface area (Å²) in [5, 5.41) is 6.76. The summed E-state index contributed by atoms with van der Waals surface area (Å²) in [4.78, 5) is 20.6. The molecule has 0 spiro atoms. The van der Waals surface area contributed by atoms with E-state index in [1.165, 1.54) is 0 Å². The van der Waals surface area contributed by atoms with E-state index in [2.05, 4.69) is 26.7 Å². The van der Waals surface area contributed by atoms with Crippen LogP contribution in [0.15, 0.2) is 48.7 Å². The second kappa shape index (κ2) is 13.6. The highest BCUT2D eigenvalue weighted by atomic mass is 32.1. The molecule has 3 aromatic rings. The SMILES string of the molecule is CNc1ccc(/C=C/C=C/c2nc3ccc(OCCCCCCNC(=O)OC(C)(C)C)cc3s2)cn1. The number of rotatable bonds is 12. The molecule has 8 heteroatoms. The number of hydrogen-bond donors (Lipinski definition) is 2. The third-order valence-corrected chi connectivity index (χ3v) is 6.05. The van der Waals surface area contributed by atoms with Crippen molar-refractivity contribution in [3.63, 3.8) is 0 Å². The number of anilines is 1. The molecule has 7 nitrogen and oxygen atoms in total. The van der Waals surface area contributed by atoms with Crippen LogP contribution in [0.2, 0.25) is 0 Å². The quantitative estimate of drug-likeness (QED) is 0.204. The van der Waals surface area contributed by atoms with Gasteiger partial charge in [0.1, 0.15) is 22.2 Å². The summed E-state index contributed by atoms with van der Waals surface area (Å²) in [6.45, 7) is 6.88. The Morgan fingerprint density at radius 1 is 1.06 bits per heavy atom. The number of nitrogens with zero attached hydrogens (tertiary/aromatic N) is 2. The molecule has 192 valence electrons. The highest BCUT2D eigenvalue weighted by molar-refractivity contribution is 7.19. The molecule has 0 atom stereocenters. The predicted molar refractivity (Wildman–Crippen MR) is 150 cm³/mol. The average molecular weight is 509 g/mol. The Kier molecular flexibility index (Phi) is 10.3. The molecule has 0 bridgehead atoms. The van der Waals surface area contributed by atoms with Crippen molar-refractivity contribution in [2.75, 3.05) is 25.5 Å². The van der Waals surface area contributed by atoms with E-state index < -0.39 is 5.60 Å². The molecule has 0 saturated heterocycles.